The molecule has 0 aliphatic heterocycles. The van der Waals surface area contributed by atoms with Gasteiger partial charge in [-0.3, -0.25) is 4.99 Å². The van der Waals surface area contributed by atoms with Crippen molar-refractivity contribution in [1.82, 2.24) is 0 Å². The van der Waals surface area contributed by atoms with Crippen molar-refractivity contribution in [3.05, 3.63) is 53.1 Å². The standard InChI is InChI=1S/C17H21N/c1-3-4-11-18-13-16-7-5-6-8-17(16)15-10-9-14(2)12-15/h5-9,12-13H,3-4,10-11H2,1-2H3. The minimum absolute atomic E-state index is 0.932. The first kappa shape index (κ1) is 12.8. The molecule has 0 aromatic heterocycles. The summed E-state index contributed by atoms with van der Waals surface area (Å²) in [4.78, 5) is 4.51. The molecule has 0 atom stereocenters. The molecule has 1 aromatic carbocycles. The van der Waals surface area contributed by atoms with Crippen LogP contribution < -0.4 is 0 Å². The first-order chi connectivity index (χ1) is 8.81. The molecule has 0 amide bonds. The molecule has 18 heavy (non-hydrogen) atoms. The van der Waals surface area contributed by atoms with Crippen LogP contribution in [0.3, 0.4) is 0 Å². The van der Waals surface area contributed by atoms with Crippen molar-refractivity contribution >= 4 is 11.8 Å². The Morgan fingerprint density at radius 1 is 1.28 bits per heavy atom. The van der Waals surface area contributed by atoms with Crippen molar-refractivity contribution in [2.75, 3.05) is 6.54 Å². The first-order valence-electron chi connectivity index (χ1n) is 6.78. The highest BCUT2D eigenvalue weighted by atomic mass is 14.7. The van der Waals surface area contributed by atoms with E-state index in [1.807, 2.05) is 6.21 Å². The smallest absolute Gasteiger partial charge is 0.0389 e. The Kier molecular flexibility index (Phi) is 4.52. The van der Waals surface area contributed by atoms with Crippen LogP contribution in [0.1, 0.15) is 44.2 Å². The SMILES string of the molecule is CCCCN=Cc1ccccc1C1=CC(C)=CC1. The molecule has 0 unspecified atom stereocenters. The van der Waals surface area contributed by atoms with Crippen LogP contribution in [0.4, 0.5) is 0 Å². The van der Waals surface area contributed by atoms with Crippen LogP contribution >= 0.6 is 0 Å². The van der Waals surface area contributed by atoms with E-state index in [4.69, 9.17) is 0 Å². The lowest BCUT2D eigenvalue weighted by molar-refractivity contribution is 0.810. The zero-order valence-electron chi connectivity index (χ0n) is 11.3. The van der Waals surface area contributed by atoms with E-state index in [9.17, 15) is 0 Å². The third kappa shape index (κ3) is 3.19. The fourth-order valence-corrected chi connectivity index (χ4v) is 2.17. The molecule has 0 radical (unpaired) electrons. The van der Waals surface area contributed by atoms with Crippen LogP contribution in [-0.4, -0.2) is 12.8 Å². The van der Waals surface area contributed by atoms with Crippen molar-refractivity contribution < 1.29 is 0 Å². The van der Waals surface area contributed by atoms with E-state index < -0.39 is 0 Å². The Hall–Kier alpha value is -1.63. The second-order valence-electron chi connectivity index (χ2n) is 4.80. The molecular formula is C17H21N. The molecule has 0 saturated carbocycles. The van der Waals surface area contributed by atoms with Crippen LogP contribution in [0.15, 0.2) is 47.0 Å². The monoisotopic (exact) mass is 239 g/mol. The van der Waals surface area contributed by atoms with Gasteiger partial charge in [-0.05, 0) is 36.5 Å². The van der Waals surface area contributed by atoms with Crippen molar-refractivity contribution in [2.24, 2.45) is 4.99 Å². The van der Waals surface area contributed by atoms with Crippen LogP contribution in [0, 0.1) is 0 Å². The van der Waals surface area contributed by atoms with Gasteiger partial charge in [-0.1, -0.05) is 55.3 Å². The normalized spacial score (nSPS) is 15.0. The summed E-state index contributed by atoms with van der Waals surface area (Å²) in [6.07, 6.45) is 10.00. The van der Waals surface area contributed by atoms with E-state index in [0.717, 1.165) is 13.0 Å². The van der Waals surface area contributed by atoms with Crippen molar-refractivity contribution in [1.29, 1.82) is 0 Å². The van der Waals surface area contributed by atoms with Gasteiger partial charge in [-0.15, -0.1) is 0 Å². The van der Waals surface area contributed by atoms with Gasteiger partial charge in [0, 0.05) is 12.8 Å². The Labute approximate surface area is 110 Å². The van der Waals surface area contributed by atoms with Gasteiger partial charge in [0.25, 0.3) is 0 Å². The number of rotatable bonds is 5. The second kappa shape index (κ2) is 6.34. The van der Waals surface area contributed by atoms with Crippen molar-refractivity contribution in [3.8, 4) is 0 Å². The van der Waals surface area contributed by atoms with E-state index in [1.54, 1.807) is 0 Å². The lowest BCUT2D eigenvalue weighted by Gasteiger charge is -2.06. The fraction of sp³-hybridized carbons (Fsp3) is 0.353. The highest BCUT2D eigenvalue weighted by Crippen LogP contribution is 2.28. The highest BCUT2D eigenvalue weighted by molar-refractivity contribution is 5.89. The number of nitrogens with zero attached hydrogens (tertiary/aromatic N) is 1. The van der Waals surface area contributed by atoms with E-state index >= 15 is 0 Å². The Morgan fingerprint density at radius 3 is 2.83 bits per heavy atom. The van der Waals surface area contributed by atoms with E-state index in [1.165, 1.54) is 35.1 Å². The molecule has 0 heterocycles. The second-order valence-corrected chi connectivity index (χ2v) is 4.80. The molecule has 1 aliphatic rings. The summed E-state index contributed by atoms with van der Waals surface area (Å²) in [6.45, 7) is 5.29. The molecule has 1 aliphatic carbocycles. The number of benzene rings is 1. The minimum Gasteiger partial charge on any atom is -0.293 e. The third-order valence-electron chi connectivity index (χ3n) is 3.22. The molecule has 2 rings (SSSR count). The Balaban J connectivity index is 2.16. The summed E-state index contributed by atoms with van der Waals surface area (Å²) in [5.41, 5.74) is 5.33. The van der Waals surface area contributed by atoms with Crippen molar-refractivity contribution in [2.45, 2.75) is 33.1 Å². The van der Waals surface area contributed by atoms with Crippen molar-refractivity contribution in [3.63, 3.8) is 0 Å². The Morgan fingerprint density at radius 2 is 2.11 bits per heavy atom. The number of allylic oxidation sites excluding steroid dienone is 4. The lowest BCUT2D eigenvalue weighted by Crippen LogP contribution is -1.92. The largest absolute Gasteiger partial charge is 0.293 e. The van der Waals surface area contributed by atoms with Crippen LogP contribution in [0.25, 0.3) is 5.57 Å². The van der Waals surface area contributed by atoms with Gasteiger partial charge < -0.3 is 0 Å². The fourth-order valence-electron chi connectivity index (χ4n) is 2.17. The quantitative estimate of drug-likeness (QED) is 0.524. The van der Waals surface area contributed by atoms with Gasteiger partial charge in [-0.2, -0.15) is 0 Å². The van der Waals surface area contributed by atoms with Gasteiger partial charge >= 0.3 is 0 Å². The first-order valence-corrected chi connectivity index (χ1v) is 6.78. The molecule has 0 bridgehead atoms. The van der Waals surface area contributed by atoms with Crippen LogP contribution in [0.5, 0.6) is 0 Å². The number of hydrogen-bond acceptors (Lipinski definition) is 1. The maximum atomic E-state index is 4.51. The molecule has 0 spiro atoms. The maximum absolute atomic E-state index is 4.51. The van der Waals surface area contributed by atoms with E-state index in [2.05, 4.69) is 55.3 Å². The van der Waals surface area contributed by atoms with Crippen LogP contribution in [-0.2, 0) is 0 Å². The molecule has 94 valence electrons. The molecule has 1 heteroatoms. The molecule has 0 saturated heterocycles. The third-order valence-corrected chi connectivity index (χ3v) is 3.22. The maximum Gasteiger partial charge on any atom is 0.0389 e. The molecule has 0 fully saturated rings. The van der Waals surface area contributed by atoms with Crippen LogP contribution in [0.2, 0.25) is 0 Å². The average Bonchev–Trinajstić information content (AvgIpc) is 2.82. The van der Waals surface area contributed by atoms with Gasteiger partial charge in [0.15, 0.2) is 0 Å². The van der Waals surface area contributed by atoms with Gasteiger partial charge in [-0.25, -0.2) is 0 Å². The van der Waals surface area contributed by atoms with E-state index in [0.29, 0.717) is 0 Å². The van der Waals surface area contributed by atoms with E-state index in [-0.39, 0.29) is 0 Å². The summed E-state index contributed by atoms with van der Waals surface area (Å²) >= 11 is 0. The number of aliphatic imine (C=N–C) groups is 1. The Bertz CT molecular complexity index is 492. The van der Waals surface area contributed by atoms with Gasteiger partial charge in [0.2, 0.25) is 0 Å². The predicted molar refractivity (Wildman–Crippen MR) is 80.2 cm³/mol. The highest BCUT2D eigenvalue weighted by Gasteiger charge is 2.08. The summed E-state index contributed by atoms with van der Waals surface area (Å²) in [6, 6.07) is 8.53. The number of hydrogen-bond donors (Lipinski definition) is 0. The lowest BCUT2D eigenvalue weighted by atomic mass is 9.99. The van der Waals surface area contributed by atoms with Gasteiger partial charge in [0.05, 0.1) is 0 Å². The minimum atomic E-state index is 0.932. The number of unbranched alkanes of at least 4 members (excludes halogenated alkanes) is 1. The molecule has 1 nitrogen and oxygen atoms in total. The zero-order chi connectivity index (χ0) is 12.8. The van der Waals surface area contributed by atoms with Gasteiger partial charge in [0.1, 0.15) is 0 Å². The summed E-state index contributed by atoms with van der Waals surface area (Å²) < 4.78 is 0. The summed E-state index contributed by atoms with van der Waals surface area (Å²) in [5.74, 6) is 0. The average molecular weight is 239 g/mol. The molecular weight excluding hydrogens is 218 g/mol. The zero-order valence-corrected chi connectivity index (χ0v) is 11.3. The summed E-state index contributed by atoms with van der Waals surface area (Å²) in [5, 5.41) is 0. The molecule has 1 aromatic rings. The molecule has 0 N–H and O–H groups in total. The predicted octanol–water partition coefficient (Wildman–Crippen LogP) is 4.64. The topological polar surface area (TPSA) is 12.4 Å². The summed E-state index contributed by atoms with van der Waals surface area (Å²) in [7, 11) is 0.